The number of fused-ring (bicyclic) bond motifs is 1. The molecule has 3 aromatic rings. The Hall–Kier alpha value is -3.46. The van der Waals surface area contributed by atoms with Crippen LogP contribution in [0.25, 0.3) is 0 Å². The lowest BCUT2D eigenvalue weighted by Gasteiger charge is -2.32. The third-order valence-electron chi connectivity index (χ3n) is 6.24. The van der Waals surface area contributed by atoms with Gasteiger partial charge in [0, 0.05) is 5.56 Å². The van der Waals surface area contributed by atoms with Crippen LogP contribution in [0.3, 0.4) is 0 Å². The first-order chi connectivity index (χ1) is 16.1. The number of hydrogen-bond acceptors (Lipinski definition) is 7. The molecule has 0 bridgehead atoms. The highest BCUT2D eigenvalue weighted by Crippen LogP contribution is 2.37. The number of rotatable bonds is 6. The Morgan fingerprint density at radius 1 is 1.06 bits per heavy atom. The predicted octanol–water partition coefficient (Wildman–Crippen LogP) is 3.24. The summed E-state index contributed by atoms with van der Waals surface area (Å²) in [4.78, 5) is 30.5. The van der Waals surface area contributed by atoms with E-state index in [0.29, 0.717) is 41.2 Å². The van der Waals surface area contributed by atoms with Gasteiger partial charge in [0.2, 0.25) is 5.91 Å². The Morgan fingerprint density at radius 2 is 1.79 bits per heavy atom. The predicted molar refractivity (Wildman–Crippen MR) is 128 cm³/mol. The molecule has 34 heavy (non-hydrogen) atoms. The highest BCUT2D eigenvalue weighted by Gasteiger charge is 2.42. The molecular formula is C25H26N4O4S. The molecule has 1 aliphatic rings. The number of carbonyl (C=O) groups is 2. The molecule has 2 aromatic heterocycles. The van der Waals surface area contributed by atoms with Gasteiger partial charge in [-0.05, 0) is 68.7 Å². The molecule has 0 fully saturated rings. The van der Waals surface area contributed by atoms with Crippen LogP contribution in [0.15, 0.2) is 53.4 Å². The van der Waals surface area contributed by atoms with Crippen LogP contribution < -0.4 is 5.32 Å². The van der Waals surface area contributed by atoms with Gasteiger partial charge in [0.05, 0.1) is 39.6 Å². The third kappa shape index (κ3) is 4.61. The van der Waals surface area contributed by atoms with E-state index in [0.717, 1.165) is 5.69 Å². The van der Waals surface area contributed by atoms with Crippen molar-refractivity contribution in [3.63, 3.8) is 0 Å². The fourth-order valence-electron chi connectivity index (χ4n) is 4.04. The van der Waals surface area contributed by atoms with Gasteiger partial charge in [0.15, 0.2) is 15.6 Å². The smallest absolute Gasteiger partial charge is 0.229 e. The summed E-state index contributed by atoms with van der Waals surface area (Å²) in [7, 11) is -3.28. The molecule has 0 radical (unpaired) electrons. The van der Waals surface area contributed by atoms with Gasteiger partial charge in [-0.2, -0.15) is 10.2 Å². The first kappa shape index (κ1) is 23.7. The van der Waals surface area contributed by atoms with E-state index >= 15 is 0 Å². The summed E-state index contributed by atoms with van der Waals surface area (Å²) in [5.74, 6) is 0.0667. The van der Waals surface area contributed by atoms with E-state index in [4.69, 9.17) is 0 Å². The lowest BCUT2D eigenvalue weighted by atomic mass is 9.71. The lowest BCUT2D eigenvalue weighted by Crippen LogP contribution is -2.39. The number of nitrogens with zero attached hydrogens (tertiary/aromatic N) is 3. The number of ketones is 1. The van der Waals surface area contributed by atoms with Gasteiger partial charge in [-0.15, -0.1) is 0 Å². The molecule has 1 atom stereocenters. The molecule has 8 nitrogen and oxygen atoms in total. The minimum absolute atomic E-state index is 0.0247. The van der Waals surface area contributed by atoms with Crippen LogP contribution in [0.1, 0.15) is 53.3 Å². The number of pyridine rings is 1. The van der Waals surface area contributed by atoms with E-state index in [1.807, 2.05) is 26.0 Å². The van der Waals surface area contributed by atoms with E-state index in [1.165, 1.54) is 12.1 Å². The number of carbonyl (C=O) groups excluding carboxylic acids is 2. The standard InChI is InChI=1S/C25H26N4O4S/c1-4-34(32,33)18-8-6-17(7-9-18)15-23(30)27-22-12-10-19-20(26-22)13-14-25(3,24(19)31)21-11-5-16(2)28-29-21/h5-12H,4,13-15H2,1-3H3,(H,26,27,30). The lowest BCUT2D eigenvalue weighted by molar-refractivity contribution is -0.115. The summed E-state index contributed by atoms with van der Waals surface area (Å²) < 4.78 is 23.9. The van der Waals surface area contributed by atoms with Crippen LogP contribution >= 0.6 is 0 Å². The van der Waals surface area contributed by atoms with Crippen molar-refractivity contribution >= 4 is 27.3 Å². The Morgan fingerprint density at radius 3 is 2.44 bits per heavy atom. The van der Waals surface area contributed by atoms with Crippen LogP contribution in [-0.4, -0.2) is 41.0 Å². The Labute approximate surface area is 198 Å². The topological polar surface area (TPSA) is 119 Å². The molecular weight excluding hydrogens is 452 g/mol. The minimum atomic E-state index is -3.28. The maximum atomic E-state index is 13.3. The molecule has 0 spiro atoms. The highest BCUT2D eigenvalue weighted by atomic mass is 32.2. The first-order valence-electron chi connectivity index (χ1n) is 11.1. The molecule has 1 aromatic carbocycles. The monoisotopic (exact) mass is 478 g/mol. The van der Waals surface area contributed by atoms with Crippen molar-refractivity contribution in [2.24, 2.45) is 0 Å². The Balaban J connectivity index is 1.46. The molecule has 176 valence electrons. The zero-order valence-electron chi connectivity index (χ0n) is 19.3. The van der Waals surface area contributed by atoms with Crippen LogP contribution in [0.4, 0.5) is 5.82 Å². The van der Waals surface area contributed by atoms with Gasteiger partial charge in [-0.1, -0.05) is 19.1 Å². The van der Waals surface area contributed by atoms with Crippen LogP contribution in [-0.2, 0) is 32.9 Å². The van der Waals surface area contributed by atoms with E-state index in [1.54, 1.807) is 31.2 Å². The van der Waals surface area contributed by atoms with Gasteiger partial charge in [0.1, 0.15) is 5.82 Å². The number of aromatic nitrogens is 3. The second kappa shape index (κ2) is 9.06. The summed E-state index contributed by atoms with van der Waals surface area (Å²) in [6, 6.07) is 13.3. The van der Waals surface area contributed by atoms with Crippen molar-refractivity contribution in [3.05, 3.63) is 76.7 Å². The SMILES string of the molecule is CCS(=O)(=O)c1ccc(CC(=O)Nc2ccc3c(n2)CCC(C)(c2ccc(C)nn2)C3=O)cc1. The second-order valence-corrected chi connectivity index (χ2v) is 11.0. The van der Waals surface area contributed by atoms with Crippen molar-refractivity contribution < 1.29 is 18.0 Å². The molecule has 0 saturated heterocycles. The van der Waals surface area contributed by atoms with Crippen molar-refractivity contribution in [2.45, 2.75) is 50.3 Å². The third-order valence-corrected chi connectivity index (χ3v) is 7.99. The molecule has 0 aliphatic heterocycles. The zero-order valence-corrected chi connectivity index (χ0v) is 20.1. The molecule has 2 heterocycles. The summed E-state index contributed by atoms with van der Waals surface area (Å²) in [5.41, 5.74) is 2.54. The molecule has 4 rings (SSSR count). The van der Waals surface area contributed by atoms with Crippen LogP contribution in [0, 0.1) is 6.92 Å². The Kier molecular flexibility index (Phi) is 6.31. The molecule has 9 heteroatoms. The van der Waals surface area contributed by atoms with Gasteiger partial charge >= 0.3 is 0 Å². The first-order valence-corrected chi connectivity index (χ1v) is 12.7. The molecule has 1 amide bonds. The molecule has 0 saturated carbocycles. The average Bonchev–Trinajstić information content (AvgIpc) is 2.82. The summed E-state index contributed by atoms with van der Waals surface area (Å²) in [6.45, 7) is 5.32. The number of amides is 1. The number of sulfone groups is 1. The maximum Gasteiger partial charge on any atom is 0.229 e. The van der Waals surface area contributed by atoms with Gasteiger partial charge in [0.25, 0.3) is 0 Å². The van der Waals surface area contributed by atoms with Crippen LogP contribution in [0.5, 0.6) is 0 Å². The number of aryl methyl sites for hydroxylation is 2. The van der Waals surface area contributed by atoms with Crippen molar-refractivity contribution in [2.75, 3.05) is 11.1 Å². The summed E-state index contributed by atoms with van der Waals surface area (Å²) >= 11 is 0. The van der Waals surface area contributed by atoms with E-state index in [-0.39, 0.29) is 28.8 Å². The average molecular weight is 479 g/mol. The normalized spacial score (nSPS) is 17.8. The number of Topliss-reactive ketones (excluding diaryl/α,β-unsaturated/α-hetero) is 1. The van der Waals surface area contributed by atoms with Gasteiger partial charge < -0.3 is 5.32 Å². The fourth-order valence-corrected chi connectivity index (χ4v) is 4.92. The second-order valence-electron chi connectivity index (χ2n) is 8.68. The minimum Gasteiger partial charge on any atom is -0.310 e. The number of anilines is 1. The molecule has 1 unspecified atom stereocenters. The van der Waals surface area contributed by atoms with Crippen LogP contribution in [0.2, 0.25) is 0 Å². The van der Waals surface area contributed by atoms with E-state index in [9.17, 15) is 18.0 Å². The zero-order chi connectivity index (χ0) is 24.5. The summed E-state index contributed by atoms with van der Waals surface area (Å²) in [6.07, 6.45) is 1.20. The number of nitrogens with one attached hydrogen (secondary N) is 1. The Bertz CT molecular complexity index is 1350. The fraction of sp³-hybridized carbons (Fsp3) is 0.320. The largest absolute Gasteiger partial charge is 0.310 e. The van der Waals surface area contributed by atoms with Crippen molar-refractivity contribution in [1.82, 2.24) is 15.2 Å². The molecule has 1 N–H and O–H groups in total. The quantitative estimate of drug-likeness (QED) is 0.578. The summed E-state index contributed by atoms with van der Waals surface area (Å²) in [5, 5.41) is 11.1. The van der Waals surface area contributed by atoms with E-state index in [2.05, 4.69) is 20.5 Å². The molecule has 1 aliphatic carbocycles. The van der Waals surface area contributed by atoms with Gasteiger partial charge in [-0.25, -0.2) is 13.4 Å². The van der Waals surface area contributed by atoms with Crippen molar-refractivity contribution in [3.8, 4) is 0 Å². The van der Waals surface area contributed by atoms with Crippen molar-refractivity contribution in [1.29, 1.82) is 0 Å². The van der Waals surface area contributed by atoms with E-state index < -0.39 is 15.3 Å². The number of benzene rings is 1. The maximum absolute atomic E-state index is 13.3. The highest BCUT2D eigenvalue weighted by molar-refractivity contribution is 7.91. The van der Waals surface area contributed by atoms with Gasteiger partial charge in [-0.3, -0.25) is 9.59 Å². The number of hydrogen-bond donors (Lipinski definition) is 1.